The first-order valence-electron chi connectivity index (χ1n) is 5.57. The first-order chi connectivity index (χ1) is 8.99. The number of halogens is 2. The molecule has 0 saturated heterocycles. The van der Waals surface area contributed by atoms with Crippen LogP contribution < -0.4 is 0 Å². The highest BCUT2D eigenvalue weighted by Crippen LogP contribution is 2.27. The minimum Gasteiger partial charge on any atom is -0.268 e. The first-order valence-corrected chi connectivity index (χ1v) is 6.38. The average molecular weight is 300 g/mol. The van der Waals surface area contributed by atoms with E-state index in [1.165, 1.54) is 6.07 Å². The van der Waals surface area contributed by atoms with Gasteiger partial charge in [-0.15, -0.1) is 11.6 Å². The molecule has 7 heteroatoms. The van der Waals surface area contributed by atoms with Crippen molar-refractivity contribution in [1.82, 2.24) is 9.78 Å². The fraction of sp³-hybridized carbons (Fsp3) is 0.250. The van der Waals surface area contributed by atoms with E-state index in [0.717, 1.165) is 5.56 Å². The second-order valence-corrected chi connectivity index (χ2v) is 5.14. The molecule has 1 heterocycles. The molecule has 0 spiro atoms. The van der Waals surface area contributed by atoms with Gasteiger partial charge in [-0.25, -0.2) is 0 Å². The highest BCUT2D eigenvalue weighted by molar-refractivity contribution is 6.31. The summed E-state index contributed by atoms with van der Waals surface area (Å²) < 4.78 is 1.59. The van der Waals surface area contributed by atoms with Crippen molar-refractivity contribution in [3.63, 3.8) is 0 Å². The van der Waals surface area contributed by atoms with Gasteiger partial charge in [0.25, 0.3) is 5.69 Å². The van der Waals surface area contributed by atoms with Crippen LogP contribution >= 0.6 is 23.2 Å². The summed E-state index contributed by atoms with van der Waals surface area (Å²) in [5, 5.41) is 15.3. The van der Waals surface area contributed by atoms with Gasteiger partial charge in [-0.3, -0.25) is 14.8 Å². The fourth-order valence-electron chi connectivity index (χ4n) is 1.71. The van der Waals surface area contributed by atoms with Gasteiger partial charge in [-0.2, -0.15) is 5.10 Å². The molecule has 0 saturated carbocycles. The Hall–Kier alpha value is -1.59. The molecule has 0 aliphatic rings. The molecular weight excluding hydrogens is 289 g/mol. The van der Waals surface area contributed by atoms with Crippen molar-refractivity contribution in [3.8, 4) is 0 Å². The van der Waals surface area contributed by atoms with E-state index < -0.39 is 4.92 Å². The molecule has 0 amide bonds. The Bertz CT molecular complexity index is 611. The standard InChI is InChI=1S/C12H11Cl2N3O2/c1-8(13)9-5-15-16(6-9)7-10-11(14)3-2-4-12(10)17(18)19/h2-6,8H,7H2,1H3. The number of hydrogen-bond donors (Lipinski definition) is 0. The second kappa shape index (κ2) is 5.59. The third kappa shape index (κ3) is 3.05. The predicted molar refractivity (Wildman–Crippen MR) is 73.7 cm³/mol. The van der Waals surface area contributed by atoms with Crippen LogP contribution in [0.2, 0.25) is 5.02 Å². The van der Waals surface area contributed by atoms with Crippen molar-refractivity contribution < 1.29 is 4.92 Å². The summed E-state index contributed by atoms with van der Waals surface area (Å²) in [5.74, 6) is 0. The van der Waals surface area contributed by atoms with Crippen molar-refractivity contribution >= 4 is 28.9 Å². The molecule has 0 aliphatic heterocycles. The van der Waals surface area contributed by atoms with Crippen LogP contribution in [0.15, 0.2) is 30.6 Å². The molecule has 0 aliphatic carbocycles. The number of nitro benzene ring substituents is 1. The van der Waals surface area contributed by atoms with Crippen LogP contribution in [0.25, 0.3) is 0 Å². The van der Waals surface area contributed by atoms with Crippen molar-refractivity contribution in [1.29, 1.82) is 0 Å². The van der Waals surface area contributed by atoms with Gasteiger partial charge in [0.2, 0.25) is 0 Å². The Morgan fingerprint density at radius 1 is 1.53 bits per heavy atom. The maximum atomic E-state index is 11.0. The van der Waals surface area contributed by atoms with Crippen molar-refractivity contribution in [2.24, 2.45) is 0 Å². The van der Waals surface area contributed by atoms with Gasteiger partial charge in [0, 0.05) is 17.8 Å². The molecule has 100 valence electrons. The Kier molecular flexibility index (Phi) is 4.07. The van der Waals surface area contributed by atoms with E-state index in [9.17, 15) is 10.1 Å². The molecule has 0 fully saturated rings. The van der Waals surface area contributed by atoms with Crippen LogP contribution in [-0.4, -0.2) is 14.7 Å². The summed E-state index contributed by atoms with van der Waals surface area (Å²) >= 11 is 12.0. The Labute approximate surface area is 119 Å². The van der Waals surface area contributed by atoms with E-state index in [2.05, 4.69) is 5.10 Å². The highest BCUT2D eigenvalue weighted by Gasteiger charge is 2.17. The number of aromatic nitrogens is 2. The van der Waals surface area contributed by atoms with E-state index in [0.29, 0.717) is 10.6 Å². The van der Waals surface area contributed by atoms with Gasteiger partial charge < -0.3 is 0 Å². The Morgan fingerprint density at radius 3 is 2.84 bits per heavy atom. The maximum Gasteiger partial charge on any atom is 0.275 e. The summed E-state index contributed by atoms with van der Waals surface area (Å²) in [6, 6.07) is 4.60. The van der Waals surface area contributed by atoms with E-state index in [1.807, 2.05) is 6.92 Å². The van der Waals surface area contributed by atoms with E-state index in [1.54, 1.807) is 29.2 Å². The predicted octanol–water partition coefficient (Wildman–Crippen LogP) is 3.79. The first kappa shape index (κ1) is 13.8. The third-order valence-corrected chi connectivity index (χ3v) is 3.33. The lowest BCUT2D eigenvalue weighted by Crippen LogP contribution is -2.04. The van der Waals surface area contributed by atoms with Gasteiger partial charge in [0.05, 0.1) is 33.6 Å². The van der Waals surface area contributed by atoms with Crippen LogP contribution in [-0.2, 0) is 6.54 Å². The SMILES string of the molecule is CC(Cl)c1cnn(Cc2c(Cl)cccc2[N+](=O)[O-])c1. The van der Waals surface area contributed by atoms with Gasteiger partial charge in [0.15, 0.2) is 0 Å². The summed E-state index contributed by atoms with van der Waals surface area (Å²) in [6.45, 7) is 2.07. The van der Waals surface area contributed by atoms with Crippen molar-refractivity contribution in [3.05, 3.63) is 56.9 Å². The lowest BCUT2D eigenvalue weighted by atomic mass is 10.2. The number of alkyl halides is 1. The van der Waals surface area contributed by atoms with Crippen LogP contribution in [0.5, 0.6) is 0 Å². The lowest BCUT2D eigenvalue weighted by molar-refractivity contribution is -0.385. The van der Waals surface area contributed by atoms with Crippen LogP contribution in [0.1, 0.15) is 23.4 Å². The zero-order valence-corrected chi connectivity index (χ0v) is 11.6. The lowest BCUT2D eigenvalue weighted by Gasteiger charge is -2.05. The van der Waals surface area contributed by atoms with E-state index in [-0.39, 0.29) is 17.6 Å². The Balaban J connectivity index is 2.34. The highest BCUT2D eigenvalue weighted by atomic mass is 35.5. The topological polar surface area (TPSA) is 61.0 Å². The number of nitro groups is 1. The third-order valence-electron chi connectivity index (χ3n) is 2.72. The number of nitrogens with zero attached hydrogens (tertiary/aromatic N) is 3. The van der Waals surface area contributed by atoms with Gasteiger partial charge in [-0.1, -0.05) is 17.7 Å². The zero-order valence-electron chi connectivity index (χ0n) is 10.1. The van der Waals surface area contributed by atoms with Crippen LogP contribution in [0, 0.1) is 10.1 Å². The summed E-state index contributed by atoms with van der Waals surface area (Å²) in [4.78, 5) is 10.5. The zero-order chi connectivity index (χ0) is 14.0. The molecule has 0 radical (unpaired) electrons. The molecule has 1 atom stereocenters. The van der Waals surface area contributed by atoms with E-state index >= 15 is 0 Å². The minimum atomic E-state index is -0.449. The molecule has 1 aromatic heterocycles. The minimum absolute atomic E-state index is 0.0107. The van der Waals surface area contributed by atoms with Gasteiger partial charge in [0.1, 0.15) is 0 Å². The second-order valence-electron chi connectivity index (χ2n) is 4.08. The largest absolute Gasteiger partial charge is 0.275 e. The molecule has 0 bridgehead atoms. The number of hydrogen-bond acceptors (Lipinski definition) is 3. The van der Waals surface area contributed by atoms with Crippen molar-refractivity contribution in [2.45, 2.75) is 18.8 Å². The van der Waals surface area contributed by atoms with Crippen LogP contribution in [0.3, 0.4) is 0 Å². The summed E-state index contributed by atoms with van der Waals surface area (Å²) in [7, 11) is 0. The normalized spacial score (nSPS) is 12.4. The maximum absolute atomic E-state index is 11.0. The molecule has 2 rings (SSSR count). The monoisotopic (exact) mass is 299 g/mol. The van der Waals surface area contributed by atoms with Crippen molar-refractivity contribution in [2.75, 3.05) is 0 Å². The smallest absolute Gasteiger partial charge is 0.268 e. The van der Waals surface area contributed by atoms with Gasteiger partial charge >= 0.3 is 0 Å². The van der Waals surface area contributed by atoms with Gasteiger partial charge in [-0.05, 0) is 13.0 Å². The molecule has 5 nitrogen and oxygen atoms in total. The summed E-state index contributed by atoms with van der Waals surface area (Å²) in [5.41, 5.74) is 1.28. The molecule has 19 heavy (non-hydrogen) atoms. The van der Waals surface area contributed by atoms with E-state index in [4.69, 9.17) is 23.2 Å². The average Bonchev–Trinajstić information content (AvgIpc) is 2.80. The van der Waals surface area contributed by atoms with Crippen LogP contribution in [0.4, 0.5) is 5.69 Å². The summed E-state index contributed by atoms with van der Waals surface area (Å²) in [6.07, 6.45) is 3.39. The molecule has 1 unspecified atom stereocenters. The quantitative estimate of drug-likeness (QED) is 0.490. The molecule has 1 aromatic carbocycles. The molecular formula is C12H11Cl2N3O2. The fourth-order valence-corrected chi connectivity index (χ4v) is 2.05. The number of benzene rings is 1. The Morgan fingerprint density at radius 2 is 2.26 bits per heavy atom. The molecule has 0 N–H and O–H groups in total. The molecule has 2 aromatic rings. The number of rotatable bonds is 4.